The van der Waals surface area contributed by atoms with Gasteiger partial charge < -0.3 is 4.90 Å². The largest absolute Gasteiger partial charge is 0.329 e. The third kappa shape index (κ3) is 4.18. The lowest BCUT2D eigenvalue weighted by atomic mass is 10.0. The van der Waals surface area contributed by atoms with Crippen LogP contribution in [0, 0.1) is 0 Å². The van der Waals surface area contributed by atoms with Crippen molar-refractivity contribution in [2.45, 2.75) is 6.04 Å². The first-order valence-corrected chi connectivity index (χ1v) is 8.06. The van der Waals surface area contributed by atoms with Crippen molar-refractivity contribution < 1.29 is 4.79 Å². The van der Waals surface area contributed by atoms with Crippen LogP contribution >= 0.6 is 0 Å². The standard InChI is InChI=1S/C21H19N3O/c1-24(20(25)13-12-17-8-7-14-22-16-17)21(18-9-3-2-4-10-18)19-11-5-6-15-23-19/h2-16,21H,1H3/b13-12-/t21-/m0/s1. The molecule has 1 aromatic carbocycles. The minimum absolute atomic E-state index is 0.0941. The van der Waals surface area contributed by atoms with E-state index in [-0.39, 0.29) is 11.9 Å². The Morgan fingerprint density at radius 3 is 2.48 bits per heavy atom. The number of benzene rings is 1. The van der Waals surface area contributed by atoms with Gasteiger partial charge in [-0.25, -0.2) is 0 Å². The van der Waals surface area contributed by atoms with Crippen LogP contribution in [-0.4, -0.2) is 27.8 Å². The molecule has 4 nitrogen and oxygen atoms in total. The predicted molar refractivity (Wildman–Crippen MR) is 98.6 cm³/mol. The lowest BCUT2D eigenvalue weighted by molar-refractivity contribution is -0.126. The second kappa shape index (κ2) is 8.02. The number of carbonyl (C=O) groups is 1. The molecular weight excluding hydrogens is 310 g/mol. The van der Waals surface area contributed by atoms with E-state index in [1.54, 1.807) is 42.7 Å². The Hall–Kier alpha value is -3.27. The number of nitrogens with zero attached hydrogens (tertiary/aromatic N) is 3. The zero-order valence-corrected chi connectivity index (χ0v) is 14.0. The molecule has 3 rings (SSSR count). The number of hydrogen-bond acceptors (Lipinski definition) is 3. The highest BCUT2D eigenvalue weighted by atomic mass is 16.2. The highest BCUT2D eigenvalue weighted by molar-refractivity contribution is 5.92. The highest BCUT2D eigenvalue weighted by Gasteiger charge is 2.23. The molecule has 2 aromatic heterocycles. The normalized spacial score (nSPS) is 12.0. The average Bonchev–Trinajstić information content (AvgIpc) is 2.69. The minimum atomic E-state index is -0.242. The van der Waals surface area contributed by atoms with Crippen LogP contribution in [-0.2, 0) is 4.79 Å². The summed E-state index contributed by atoms with van der Waals surface area (Å²) < 4.78 is 0. The first-order valence-electron chi connectivity index (χ1n) is 8.06. The van der Waals surface area contributed by atoms with Crippen LogP contribution in [0.5, 0.6) is 0 Å². The maximum Gasteiger partial charge on any atom is 0.247 e. The third-order valence-electron chi connectivity index (χ3n) is 3.92. The van der Waals surface area contributed by atoms with Crippen LogP contribution in [0.4, 0.5) is 0 Å². The summed E-state index contributed by atoms with van der Waals surface area (Å²) in [7, 11) is 1.79. The van der Waals surface area contributed by atoms with Gasteiger partial charge in [-0.15, -0.1) is 0 Å². The maximum absolute atomic E-state index is 12.7. The predicted octanol–water partition coefficient (Wildman–Crippen LogP) is 3.74. The second-order valence-corrected chi connectivity index (χ2v) is 5.64. The number of likely N-dealkylation sites (N-methyl/N-ethyl adjacent to an activating group) is 1. The molecule has 0 saturated heterocycles. The number of carbonyl (C=O) groups excluding carboxylic acids is 1. The van der Waals surface area contributed by atoms with Gasteiger partial charge in [-0.2, -0.15) is 0 Å². The fourth-order valence-electron chi connectivity index (χ4n) is 2.65. The van der Waals surface area contributed by atoms with Crippen LogP contribution in [0.15, 0.2) is 85.3 Å². The molecule has 1 atom stereocenters. The molecule has 0 unspecified atom stereocenters. The number of hydrogen-bond donors (Lipinski definition) is 0. The lowest BCUT2D eigenvalue weighted by Gasteiger charge is -2.27. The summed E-state index contributed by atoms with van der Waals surface area (Å²) in [6.45, 7) is 0. The number of amides is 1. The summed E-state index contributed by atoms with van der Waals surface area (Å²) in [5, 5.41) is 0. The van der Waals surface area contributed by atoms with Crippen LogP contribution in [0.1, 0.15) is 22.9 Å². The molecule has 0 radical (unpaired) electrons. The van der Waals surface area contributed by atoms with Gasteiger partial charge in [0.15, 0.2) is 0 Å². The molecule has 0 aliphatic heterocycles. The Labute approximate surface area is 147 Å². The molecule has 3 aromatic rings. The number of rotatable bonds is 5. The van der Waals surface area contributed by atoms with E-state index in [4.69, 9.17) is 0 Å². The van der Waals surface area contributed by atoms with E-state index in [1.807, 2.05) is 60.7 Å². The topological polar surface area (TPSA) is 46.1 Å². The molecule has 4 heteroatoms. The molecule has 0 aliphatic carbocycles. The van der Waals surface area contributed by atoms with Crippen LogP contribution in [0.2, 0.25) is 0 Å². The molecule has 124 valence electrons. The zero-order chi connectivity index (χ0) is 17.5. The molecule has 25 heavy (non-hydrogen) atoms. The molecular formula is C21H19N3O. The lowest BCUT2D eigenvalue weighted by Crippen LogP contribution is -2.31. The zero-order valence-electron chi connectivity index (χ0n) is 14.0. The van der Waals surface area contributed by atoms with E-state index in [2.05, 4.69) is 9.97 Å². The van der Waals surface area contributed by atoms with E-state index in [0.717, 1.165) is 16.8 Å². The van der Waals surface area contributed by atoms with Crippen molar-refractivity contribution in [1.82, 2.24) is 14.9 Å². The molecule has 0 fully saturated rings. The third-order valence-corrected chi connectivity index (χ3v) is 3.92. The van der Waals surface area contributed by atoms with Gasteiger partial charge in [0.1, 0.15) is 0 Å². The average molecular weight is 329 g/mol. The quantitative estimate of drug-likeness (QED) is 0.670. The molecule has 2 heterocycles. The van der Waals surface area contributed by atoms with E-state index in [0.29, 0.717) is 0 Å². The van der Waals surface area contributed by atoms with Gasteiger partial charge in [-0.3, -0.25) is 14.8 Å². The van der Waals surface area contributed by atoms with Crippen molar-refractivity contribution in [1.29, 1.82) is 0 Å². The summed E-state index contributed by atoms with van der Waals surface area (Å²) in [4.78, 5) is 22.9. The second-order valence-electron chi connectivity index (χ2n) is 5.64. The van der Waals surface area contributed by atoms with E-state index < -0.39 is 0 Å². The highest BCUT2D eigenvalue weighted by Crippen LogP contribution is 2.26. The fraction of sp³-hybridized carbons (Fsp3) is 0.0952. The van der Waals surface area contributed by atoms with Gasteiger partial charge in [0.25, 0.3) is 0 Å². The Kier molecular flexibility index (Phi) is 5.32. The van der Waals surface area contributed by atoms with Crippen molar-refractivity contribution >= 4 is 12.0 Å². The van der Waals surface area contributed by atoms with Crippen LogP contribution in [0.25, 0.3) is 6.08 Å². The van der Waals surface area contributed by atoms with Crippen molar-refractivity contribution in [3.63, 3.8) is 0 Å². The summed E-state index contributed by atoms with van der Waals surface area (Å²) in [6.07, 6.45) is 8.51. The maximum atomic E-state index is 12.7. The van der Waals surface area contributed by atoms with Gasteiger partial charge >= 0.3 is 0 Å². The number of aromatic nitrogens is 2. The Balaban J connectivity index is 1.88. The van der Waals surface area contributed by atoms with Gasteiger partial charge in [0.05, 0.1) is 11.7 Å². The molecule has 0 bridgehead atoms. The van der Waals surface area contributed by atoms with Crippen LogP contribution in [0.3, 0.4) is 0 Å². The van der Waals surface area contributed by atoms with Crippen molar-refractivity contribution in [3.8, 4) is 0 Å². The van der Waals surface area contributed by atoms with E-state index >= 15 is 0 Å². The number of pyridine rings is 2. The monoisotopic (exact) mass is 329 g/mol. The van der Waals surface area contributed by atoms with Crippen molar-refractivity contribution in [2.24, 2.45) is 0 Å². The first kappa shape index (κ1) is 16.6. The summed E-state index contributed by atoms with van der Waals surface area (Å²) in [5.41, 5.74) is 2.74. The van der Waals surface area contributed by atoms with Crippen molar-refractivity contribution in [3.05, 3.63) is 102 Å². The van der Waals surface area contributed by atoms with Gasteiger partial charge in [-0.05, 0) is 35.4 Å². The molecule has 0 N–H and O–H groups in total. The van der Waals surface area contributed by atoms with Gasteiger partial charge in [-0.1, -0.05) is 42.5 Å². The Bertz CT molecular complexity index is 793. The van der Waals surface area contributed by atoms with E-state index in [9.17, 15) is 4.79 Å². The SMILES string of the molecule is CN(C(=O)/C=C\c1cccnc1)[C@@H](c1ccccc1)c1ccccn1. The molecule has 1 amide bonds. The van der Waals surface area contributed by atoms with Gasteiger partial charge in [0.2, 0.25) is 5.91 Å². The summed E-state index contributed by atoms with van der Waals surface area (Å²) >= 11 is 0. The smallest absolute Gasteiger partial charge is 0.247 e. The molecule has 0 saturated carbocycles. The molecule has 0 aliphatic rings. The Morgan fingerprint density at radius 2 is 1.80 bits per heavy atom. The first-order chi connectivity index (χ1) is 12.3. The van der Waals surface area contributed by atoms with Gasteiger partial charge in [0, 0.05) is 31.7 Å². The van der Waals surface area contributed by atoms with Crippen LogP contribution < -0.4 is 0 Å². The summed E-state index contributed by atoms with van der Waals surface area (Å²) in [5.74, 6) is -0.0941. The minimum Gasteiger partial charge on any atom is -0.329 e. The Morgan fingerprint density at radius 1 is 1.00 bits per heavy atom. The van der Waals surface area contributed by atoms with Crippen molar-refractivity contribution in [2.75, 3.05) is 7.05 Å². The summed E-state index contributed by atoms with van der Waals surface area (Å²) in [6, 6.07) is 19.2. The van der Waals surface area contributed by atoms with E-state index in [1.165, 1.54) is 0 Å². The fourth-order valence-corrected chi connectivity index (χ4v) is 2.65. The molecule has 0 spiro atoms.